The topological polar surface area (TPSA) is 9.23 Å². The summed E-state index contributed by atoms with van der Waals surface area (Å²) < 4.78 is 5.12. The molecule has 1 nitrogen and oxygen atoms in total. The Morgan fingerprint density at radius 2 is 2.22 bits per heavy atom. The molecule has 1 aliphatic rings. The minimum absolute atomic E-state index is 0.708. The van der Waals surface area contributed by atoms with Crippen molar-refractivity contribution in [3.8, 4) is 0 Å². The Balaban J connectivity index is 2.25. The van der Waals surface area contributed by atoms with Crippen molar-refractivity contribution >= 4 is 0 Å². The first kappa shape index (κ1) is 6.66. The highest BCUT2D eigenvalue weighted by Gasteiger charge is 2.32. The molecular weight excluding hydrogens is 112 g/mol. The number of hydrogen-bond donors (Lipinski definition) is 0. The van der Waals surface area contributed by atoms with Crippen molar-refractivity contribution in [3.63, 3.8) is 0 Å². The van der Waals surface area contributed by atoms with Gasteiger partial charge in [-0.05, 0) is 18.9 Å². The lowest BCUT2D eigenvalue weighted by Gasteiger charge is -1.94. The van der Waals surface area contributed by atoms with Crippen LogP contribution in [-0.4, -0.2) is 7.11 Å². The van der Waals surface area contributed by atoms with Crippen LogP contribution in [0, 0.1) is 5.92 Å². The lowest BCUT2D eigenvalue weighted by molar-refractivity contribution is 0.290. The van der Waals surface area contributed by atoms with Crippen LogP contribution in [0.2, 0.25) is 0 Å². The van der Waals surface area contributed by atoms with Gasteiger partial charge >= 0.3 is 0 Å². The molecular formula is C8H14O. The molecule has 1 aliphatic carbocycles. The molecule has 1 heteroatoms. The molecule has 0 amide bonds. The average molecular weight is 126 g/mol. The van der Waals surface area contributed by atoms with Crippen molar-refractivity contribution < 1.29 is 4.74 Å². The molecule has 0 bridgehead atoms. The molecule has 0 heterocycles. The van der Waals surface area contributed by atoms with E-state index in [1.54, 1.807) is 7.11 Å². The van der Waals surface area contributed by atoms with Gasteiger partial charge in [0.1, 0.15) is 5.76 Å². The standard InChI is InChI=1S/C8H14O/c1-4-5-7-6(2)8(7)9-3/h7H,4-5H2,1-3H3. The zero-order valence-electron chi connectivity index (χ0n) is 6.40. The predicted octanol–water partition coefficient (Wildman–Crippen LogP) is 2.34. The molecule has 0 aromatic carbocycles. The van der Waals surface area contributed by atoms with Crippen molar-refractivity contribution in [2.24, 2.45) is 5.92 Å². The molecule has 0 saturated carbocycles. The second-order valence-electron chi connectivity index (χ2n) is 2.59. The zero-order valence-corrected chi connectivity index (χ0v) is 6.40. The van der Waals surface area contributed by atoms with E-state index in [0.717, 1.165) is 0 Å². The third kappa shape index (κ3) is 1.09. The Morgan fingerprint density at radius 1 is 1.56 bits per heavy atom. The first-order valence-electron chi connectivity index (χ1n) is 3.56. The smallest absolute Gasteiger partial charge is 0.102 e. The van der Waals surface area contributed by atoms with Crippen LogP contribution in [0.25, 0.3) is 0 Å². The SMILES string of the molecule is CCCC1C(C)=C1OC. The summed E-state index contributed by atoms with van der Waals surface area (Å²) in [6.45, 7) is 4.36. The highest BCUT2D eigenvalue weighted by atomic mass is 16.5. The van der Waals surface area contributed by atoms with Crippen molar-refractivity contribution in [3.05, 3.63) is 11.3 Å². The van der Waals surface area contributed by atoms with E-state index < -0.39 is 0 Å². The molecule has 52 valence electrons. The number of hydrogen-bond acceptors (Lipinski definition) is 1. The second kappa shape index (κ2) is 2.42. The maximum atomic E-state index is 5.12. The highest BCUT2D eigenvalue weighted by molar-refractivity contribution is 5.33. The van der Waals surface area contributed by atoms with Crippen LogP contribution < -0.4 is 0 Å². The molecule has 0 radical (unpaired) electrons. The lowest BCUT2D eigenvalue weighted by Crippen LogP contribution is -1.82. The first-order valence-corrected chi connectivity index (χ1v) is 3.56. The maximum absolute atomic E-state index is 5.12. The van der Waals surface area contributed by atoms with Crippen molar-refractivity contribution in [1.82, 2.24) is 0 Å². The molecule has 9 heavy (non-hydrogen) atoms. The fraction of sp³-hybridized carbons (Fsp3) is 0.750. The van der Waals surface area contributed by atoms with Crippen LogP contribution in [0.4, 0.5) is 0 Å². The third-order valence-corrected chi connectivity index (χ3v) is 1.94. The van der Waals surface area contributed by atoms with Gasteiger partial charge in [0.15, 0.2) is 0 Å². The molecule has 0 aliphatic heterocycles. The van der Waals surface area contributed by atoms with E-state index >= 15 is 0 Å². The quantitative estimate of drug-likeness (QED) is 0.564. The largest absolute Gasteiger partial charge is 0.501 e. The van der Waals surface area contributed by atoms with E-state index in [1.807, 2.05) is 0 Å². The number of ether oxygens (including phenoxy) is 1. The third-order valence-electron chi connectivity index (χ3n) is 1.94. The lowest BCUT2D eigenvalue weighted by atomic mass is 10.2. The van der Waals surface area contributed by atoms with Gasteiger partial charge in [0.25, 0.3) is 0 Å². The summed E-state index contributed by atoms with van der Waals surface area (Å²) in [4.78, 5) is 0. The summed E-state index contributed by atoms with van der Waals surface area (Å²) in [7, 11) is 1.76. The van der Waals surface area contributed by atoms with Gasteiger partial charge in [-0.2, -0.15) is 0 Å². The maximum Gasteiger partial charge on any atom is 0.102 e. The monoisotopic (exact) mass is 126 g/mol. The molecule has 0 spiro atoms. The van der Waals surface area contributed by atoms with Gasteiger partial charge in [-0.25, -0.2) is 0 Å². The van der Waals surface area contributed by atoms with Crippen LogP contribution >= 0.6 is 0 Å². The minimum atomic E-state index is 0.708. The highest BCUT2D eigenvalue weighted by Crippen LogP contribution is 2.42. The Morgan fingerprint density at radius 3 is 2.56 bits per heavy atom. The summed E-state index contributed by atoms with van der Waals surface area (Å²) in [5.74, 6) is 1.94. The Hall–Kier alpha value is -0.460. The van der Waals surface area contributed by atoms with E-state index in [-0.39, 0.29) is 0 Å². The molecule has 1 unspecified atom stereocenters. The van der Waals surface area contributed by atoms with E-state index in [1.165, 1.54) is 24.2 Å². The van der Waals surface area contributed by atoms with Gasteiger partial charge < -0.3 is 4.74 Å². The van der Waals surface area contributed by atoms with Gasteiger partial charge in [-0.15, -0.1) is 0 Å². The van der Waals surface area contributed by atoms with Gasteiger partial charge in [-0.1, -0.05) is 13.3 Å². The van der Waals surface area contributed by atoms with Gasteiger partial charge in [-0.3, -0.25) is 0 Å². The first-order chi connectivity index (χ1) is 4.31. The van der Waals surface area contributed by atoms with E-state index in [9.17, 15) is 0 Å². The van der Waals surface area contributed by atoms with Crippen LogP contribution in [0.5, 0.6) is 0 Å². The molecule has 0 N–H and O–H groups in total. The van der Waals surface area contributed by atoms with Crippen LogP contribution in [0.15, 0.2) is 11.3 Å². The second-order valence-corrected chi connectivity index (χ2v) is 2.59. The summed E-state index contributed by atoms with van der Waals surface area (Å²) in [6.07, 6.45) is 2.53. The summed E-state index contributed by atoms with van der Waals surface area (Å²) in [6, 6.07) is 0. The summed E-state index contributed by atoms with van der Waals surface area (Å²) in [5.41, 5.74) is 1.46. The normalized spacial score (nSPS) is 24.6. The fourth-order valence-corrected chi connectivity index (χ4v) is 1.30. The molecule has 0 saturated heterocycles. The van der Waals surface area contributed by atoms with E-state index in [4.69, 9.17) is 4.74 Å². The minimum Gasteiger partial charge on any atom is -0.501 e. The molecule has 1 atom stereocenters. The van der Waals surface area contributed by atoms with E-state index in [0.29, 0.717) is 5.92 Å². The van der Waals surface area contributed by atoms with Crippen molar-refractivity contribution in [2.75, 3.05) is 7.11 Å². The van der Waals surface area contributed by atoms with Crippen molar-refractivity contribution in [2.45, 2.75) is 26.7 Å². The molecule has 0 aromatic heterocycles. The number of methoxy groups -OCH3 is 1. The Labute approximate surface area is 56.7 Å². The van der Waals surface area contributed by atoms with Crippen LogP contribution in [0.3, 0.4) is 0 Å². The Bertz CT molecular complexity index is 136. The number of allylic oxidation sites excluding steroid dienone is 2. The average Bonchev–Trinajstić information content (AvgIpc) is 2.44. The molecule has 1 rings (SSSR count). The summed E-state index contributed by atoms with van der Waals surface area (Å²) in [5, 5.41) is 0. The Kier molecular flexibility index (Phi) is 1.79. The van der Waals surface area contributed by atoms with Crippen LogP contribution in [0.1, 0.15) is 26.7 Å². The number of rotatable bonds is 3. The molecule has 0 fully saturated rings. The van der Waals surface area contributed by atoms with Crippen LogP contribution in [-0.2, 0) is 4.74 Å². The van der Waals surface area contributed by atoms with Gasteiger partial charge in [0, 0.05) is 5.92 Å². The zero-order chi connectivity index (χ0) is 6.85. The van der Waals surface area contributed by atoms with Crippen molar-refractivity contribution in [1.29, 1.82) is 0 Å². The predicted molar refractivity (Wildman–Crippen MR) is 38.1 cm³/mol. The van der Waals surface area contributed by atoms with Gasteiger partial charge in [0.05, 0.1) is 7.11 Å². The van der Waals surface area contributed by atoms with E-state index in [2.05, 4.69) is 13.8 Å². The summed E-state index contributed by atoms with van der Waals surface area (Å²) >= 11 is 0. The molecule has 0 aromatic rings. The van der Waals surface area contributed by atoms with Gasteiger partial charge in [0.2, 0.25) is 0 Å². The fourth-order valence-electron chi connectivity index (χ4n) is 1.30.